The Labute approximate surface area is 147 Å². The third-order valence-electron chi connectivity index (χ3n) is 4.98. The first-order valence-corrected chi connectivity index (χ1v) is 8.73. The molecule has 0 radical (unpaired) electrons. The van der Waals surface area contributed by atoms with Crippen LogP contribution in [-0.2, 0) is 11.2 Å². The van der Waals surface area contributed by atoms with E-state index in [1.165, 1.54) is 0 Å². The number of rotatable bonds is 4. The molecule has 1 fully saturated rings. The molecule has 3 rings (SSSR count). The molecule has 0 spiro atoms. The molecular formula is C19H26N2O4. The van der Waals surface area contributed by atoms with E-state index in [1.807, 2.05) is 26.0 Å². The Morgan fingerprint density at radius 3 is 2.84 bits per heavy atom. The normalized spacial score (nSPS) is 23.8. The van der Waals surface area contributed by atoms with Crippen molar-refractivity contribution < 1.29 is 19.7 Å². The predicted molar refractivity (Wildman–Crippen MR) is 95.7 cm³/mol. The number of hydrogen-bond acceptors (Lipinski definition) is 4. The number of aliphatic hydroxyl groups excluding tert-OH is 2. The Morgan fingerprint density at radius 2 is 2.12 bits per heavy atom. The van der Waals surface area contributed by atoms with Gasteiger partial charge in [-0.25, -0.2) is 0 Å². The molecule has 6 heteroatoms. The van der Waals surface area contributed by atoms with Crippen molar-refractivity contribution >= 4 is 16.8 Å². The molecule has 1 amide bonds. The standard InChI is InChI=1S/C19H26N2O4/c1-4-13-14-7-11(2)5-6-15(14)20-17(13)19(24)21(3)8-12-9-25-10-16(22)18(12)23/h5-7,12,16,18,20,22-23H,4,8-10H2,1-3H3/t12-,16-,18+/m1/s1. The number of nitrogens with one attached hydrogen (secondary N) is 1. The van der Waals surface area contributed by atoms with E-state index >= 15 is 0 Å². The van der Waals surface area contributed by atoms with Gasteiger partial charge >= 0.3 is 0 Å². The quantitative estimate of drug-likeness (QED) is 0.783. The summed E-state index contributed by atoms with van der Waals surface area (Å²) in [5, 5.41) is 20.9. The van der Waals surface area contributed by atoms with Crippen LogP contribution in [0.3, 0.4) is 0 Å². The zero-order chi connectivity index (χ0) is 18.1. The van der Waals surface area contributed by atoms with Crippen LogP contribution >= 0.6 is 0 Å². The number of aryl methyl sites for hydroxylation is 2. The fourth-order valence-electron chi connectivity index (χ4n) is 3.55. The maximum Gasteiger partial charge on any atom is 0.270 e. The number of fused-ring (bicyclic) bond motifs is 1. The van der Waals surface area contributed by atoms with Gasteiger partial charge in [0.05, 0.1) is 19.3 Å². The molecule has 2 aromatic rings. The summed E-state index contributed by atoms with van der Waals surface area (Å²) in [6, 6.07) is 6.11. The smallest absolute Gasteiger partial charge is 0.270 e. The van der Waals surface area contributed by atoms with Gasteiger partial charge < -0.3 is 24.8 Å². The second-order valence-corrected chi connectivity index (χ2v) is 6.92. The second-order valence-electron chi connectivity index (χ2n) is 6.92. The summed E-state index contributed by atoms with van der Waals surface area (Å²) in [6.45, 7) is 4.87. The van der Waals surface area contributed by atoms with E-state index in [9.17, 15) is 15.0 Å². The minimum absolute atomic E-state index is 0.113. The Morgan fingerprint density at radius 1 is 1.36 bits per heavy atom. The zero-order valence-corrected chi connectivity index (χ0v) is 15.0. The molecule has 136 valence electrons. The van der Waals surface area contributed by atoms with E-state index in [2.05, 4.69) is 11.1 Å². The van der Waals surface area contributed by atoms with Crippen LogP contribution in [0.2, 0.25) is 0 Å². The molecule has 0 aliphatic carbocycles. The van der Waals surface area contributed by atoms with Crippen molar-refractivity contribution in [1.29, 1.82) is 0 Å². The van der Waals surface area contributed by atoms with Crippen molar-refractivity contribution in [1.82, 2.24) is 9.88 Å². The maximum atomic E-state index is 13.0. The summed E-state index contributed by atoms with van der Waals surface area (Å²) in [7, 11) is 1.71. The largest absolute Gasteiger partial charge is 0.390 e. The predicted octanol–water partition coefficient (Wildman–Crippen LogP) is 1.48. The lowest BCUT2D eigenvalue weighted by Gasteiger charge is -2.34. The van der Waals surface area contributed by atoms with Crippen LogP contribution in [0.25, 0.3) is 10.9 Å². The number of H-pyrrole nitrogens is 1. The molecule has 1 aliphatic rings. The lowest BCUT2D eigenvalue weighted by Crippen LogP contribution is -2.48. The Balaban J connectivity index is 1.83. The van der Waals surface area contributed by atoms with Gasteiger partial charge in [-0.2, -0.15) is 0 Å². The number of nitrogens with zero attached hydrogens (tertiary/aromatic N) is 1. The van der Waals surface area contributed by atoms with Crippen LogP contribution in [0.1, 0.15) is 28.5 Å². The minimum Gasteiger partial charge on any atom is -0.390 e. The average molecular weight is 346 g/mol. The van der Waals surface area contributed by atoms with Crippen molar-refractivity contribution in [3.8, 4) is 0 Å². The van der Waals surface area contributed by atoms with Gasteiger partial charge in [-0.3, -0.25) is 4.79 Å². The van der Waals surface area contributed by atoms with Crippen molar-refractivity contribution in [3.63, 3.8) is 0 Å². The highest BCUT2D eigenvalue weighted by atomic mass is 16.5. The monoisotopic (exact) mass is 346 g/mol. The highest BCUT2D eigenvalue weighted by molar-refractivity contribution is 6.01. The molecule has 1 saturated heterocycles. The van der Waals surface area contributed by atoms with Gasteiger partial charge in [0.15, 0.2) is 0 Å². The number of carbonyl (C=O) groups is 1. The number of benzene rings is 1. The van der Waals surface area contributed by atoms with E-state index in [0.717, 1.165) is 28.5 Å². The molecule has 3 N–H and O–H groups in total. The fraction of sp³-hybridized carbons (Fsp3) is 0.526. The van der Waals surface area contributed by atoms with Crippen LogP contribution in [0, 0.1) is 12.8 Å². The Bertz CT molecular complexity index is 770. The van der Waals surface area contributed by atoms with Gasteiger partial charge in [0.25, 0.3) is 5.91 Å². The summed E-state index contributed by atoms with van der Waals surface area (Å²) < 4.78 is 5.30. The first kappa shape index (κ1) is 17.9. The third kappa shape index (κ3) is 3.42. The molecule has 1 aromatic heterocycles. The average Bonchev–Trinajstić information content (AvgIpc) is 2.95. The molecule has 3 atom stereocenters. The Kier molecular flexibility index (Phi) is 5.13. The van der Waals surface area contributed by atoms with E-state index in [1.54, 1.807) is 11.9 Å². The van der Waals surface area contributed by atoms with E-state index in [-0.39, 0.29) is 18.4 Å². The van der Waals surface area contributed by atoms with E-state index in [0.29, 0.717) is 18.8 Å². The van der Waals surface area contributed by atoms with Crippen molar-refractivity contribution in [2.45, 2.75) is 32.5 Å². The number of amides is 1. The number of aromatic nitrogens is 1. The summed E-state index contributed by atoms with van der Waals surface area (Å²) in [5.74, 6) is -0.410. The summed E-state index contributed by atoms with van der Waals surface area (Å²) in [6.07, 6.45) is -1.02. The lowest BCUT2D eigenvalue weighted by molar-refractivity contribution is -0.123. The van der Waals surface area contributed by atoms with E-state index < -0.39 is 12.2 Å². The number of hydrogen-bond donors (Lipinski definition) is 3. The summed E-state index contributed by atoms with van der Waals surface area (Å²) in [4.78, 5) is 17.8. The molecule has 0 bridgehead atoms. The highest BCUT2D eigenvalue weighted by Gasteiger charge is 2.33. The number of ether oxygens (including phenoxy) is 1. The van der Waals surface area contributed by atoms with Crippen LogP contribution < -0.4 is 0 Å². The summed E-state index contributed by atoms with van der Waals surface area (Å²) >= 11 is 0. The first-order valence-electron chi connectivity index (χ1n) is 8.73. The topological polar surface area (TPSA) is 85.8 Å². The second kappa shape index (κ2) is 7.15. The SMILES string of the molecule is CCc1c(C(=O)N(C)C[C@@H]2COC[C@@H](O)[C@H]2O)[nH]c2ccc(C)cc12. The van der Waals surface area contributed by atoms with Crippen molar-refractivity contribution in [2.24, 2.45) is 5.92 Å². The van der Waals surface area contributed by atoms with Crippen molar-refractivity contribution in [3.05, 3.63) is 35.0 Å². The van der Waals surface area contributed by atoms with Gasteiger partial charge in [-0.05, 0) is 31.0 Å². The van der Waals surface area contributed by atoms with Crippen LogP contribution in [0.15, 0.2) is 18.2 Å². The van der Waals surface area contributed by atoms with Crippen LogP contribution in [-0.4, -0.2) is 65.0 Å². The number of aliphatic hydroxyl groups is 2. The maximum absolute atomic E-state index is 13.0. The fourth-order valence-corrected chi connectivity index (χ4v) is 3.55. The van der Waals surface area contributed by atoms with Gasteiger partial charge in [0, 0.05) is 30.4 Å². The van der Waals surface area contributed by atoms with Crippen LogP contribution in [0.5, 0.6) is 0 Å². The third-order valence-corrected chi connectivity index (χ3v) is 4.98. The first-order chi connectivity index (χ1) is 11.9. The van der Waals surface area contributed by atoms with Crippen molar-refractivity contribution in [2.75, 3.05) is 26.8 Å². The van der Waals surface area contributed by atoms with Gasteiger partial charge in [-0.1, -0.05) is 18.6 Å². The highest BCUT2D eigenvalue weighted by Crippen LogP contribution is 2.26. The van der Waals surface area contributed by atoms with Gasteiger partial charge in [0.2, 0.25) is 0 Å². The van der Waals surface area contributed by atoms with E-state index in [4.69, 9.17) is 4.74 Å². The molecule has 0 unspecified atom stereocenters. The lowest BCUT2D eigenvalue weighted by atomic mass is 9.96. The summed E-state index contributed by atoms with van der Waals surface area (Å²) in [5.41, 5.74) is 3.72. The molecule has 0 saturated carbocycles. The zero-order valence-electron chi connectivity index (χ0n) is 15.0. The molecule has 6 nitrogen and oxygen atoms in total. The molecule has 25 heavy (non-hydrogen) atoms. The minimum atomic E-state index is -0.899. The molecule has 2 heterocycles. The molecular weight excluding hydrogens is 320 g/mol. The van der Waals surface area contributed by atoms with Gasteiger partial charge in [-0.15, -0.1) is 0 Å². The Hall–Kier alpha value is -1.89. The van der Waals surface area contributed by atoms with Crippen LogP contribution in [0.4, 0.5) is 0 Å². The molecule has 1 aliphatic heterocycles. The number of aromatic amines is 1. The number of carbonyl (C=O) groups excluding carboxylic acids is 1. The molecule has 1 aromatic carbocycles. The van der Waals surface area contributed by atoms with Gasteiger partial charge in [0.1, 0.15) is 11.8 Å².